The number of rotatable bonds is 2. The summed E-state index contributed by atoms with van der Waals surface area (Å²) in [6, 6.07) is 7.69. The van der Waals surface area contributed by atoms with Gasteiger partial charge in [0.1, 0.15) is 0 Å². The van der Waals surface area contributed by atoms with E-state index in [2.05, 4.69) is 15.0 Å². The van der Waals surface area contributed by atoms with E-state index in [4.69, 9.17) is 5.53 Å². The summed E-state index contributed by atoms with van der Waals surface area (Å²) in [5, 5.41) is 4.02. The van der Waals surface area contributed by atoms with Gasteiger partial charge in [-0.2, -0.15) is 0 Å². The topological polar surface area (TPSA) is 81.6 Å². The van der Waals surface area contributed by atoms with Gasteiger partial charge in [0, 0.05) is 11.1 Å². The van der Waals surface area contributed by atoms with Gasteiger partial charge in [-0.05, 0) is 39.8 Å². The molecule has 0 spiro atoms. The number of hydrogen-bond acceptors (Lipinski definition) is 1. The first-order chi connectivity index (χ1) is 7.81. The van der Waals surface area contributed by atoms with Crippen LogP contribution in [0.4, 0.5) is 0 Å². The molecule has 2 aromatic rings. The van der Waals surface area contributed by atoms with Crippen LogP contribution in [0.15, 0.2) is 41.7 Å². The lowest BCUT2D eigenvalue weighted by molar-refractivity contribution is -0.113. The molecule has 0 aliphatic rings. The van der Waals surface area contributed by atoms with Crippen molar-refractivity contribution in [2.45, 2.75) is 0 Å². The van der Waals surface area contributed by atoms with Crippen molar-refractivity contribution in [1.29, 1.82) is 0 Å². The average Bonchev–Trinajstić information content (AvgIpc) is 2.75. The molecular formula is C11H8N4O. The Morgan fingerprint density at radius 3 is 3.12 bits per heavy atom. The van der Waals surface area contributed by atoms with E-state index in [1.165, 1.54) is 6.08 Å². The number of H-pyrrole nitrogens is 1. The second kappa shape index (κ2) is 4.33. The fraction of sp³-hybridized carbons (Fsp3) is 0. The second-order valence-electron chi connectivity index (χ2n) is 3.15. The molecule has 5 heteroatoms. The van der Waals surface area contributed by atoms with Crippen LogP contribution < -0.4 is 0 Å². The van der Waals surface area contributed by atoms with Gasteiger partial charge in [-0.25, -0.2) is 0 Å². The number of aromatic amines is 1. The van der Waals surface area contributed by atoms with E-state index < -0.39 is 5.91 Å². The monoisotopic (exact) mass is 212 g/mol. The van der Waals surface area contributed by atoms with Crippen molar-refractivity contribution in [2.24, 2.45) is 5.11 Å². The van der Waals surface area contributed by atoms with E-state index in [0.717, 1.165) is 16.5 Å². The smallest absolute Gasteiger partial charge is 0.242 e. The molecule has 5 nitrogen and oxygen atoms in total. The molecule has 0 unspecified atom stereocenters. The minimum absolute atomic E-state index is 0.606. The third-order valence-electron chi connectivity index (χ3n) is 2.17. The number of hydrogen-bond donors (Lipinski definition) is 1. The Labute approximate surface area is 91.0 Å². The van der Waals surface area contributed by atoms with Gasteiger partial charge in [0.25, 0.3) is 0 Å². The molecule has 1 amide bonds. The number of aromatic nitrogens is 1. The van der Waals surface area contributed by atoms with Crippen LogP contribution in [-0.2, 0) is 4.79 Å². The number of fused-ring (bicyclic) bond motifs is 1. The van der Waals surface area contributed by atoms with Gasteiger partial charge in [0.2, 0.25) is 5.91 Å². The molecule has 0 aliphatic heterocycles. The number of para-hydroxylation sites is 1. The van der Waals surface area contributed by atoms with Gasteiger partial charge in [0.15, 0.2) is 0 Å². The highest BCUT2D eigenvalue weighted by Gasteiger charge is 1.98. The summed E-state index contributed by atoms with van der Waals surface area (Å²) in [6.07, 6.45) is 4.70. The third-order valence-corrected chi connectivity index (χ3v) is 2.17. The van der Waals surface area contributed by atoms with Crippen molar-refractivity contribution in [3.63, 3.8) is 0 Å². The average molecular weight is 212 g/mol. The first kappa shape index (κ1) is 10.0. The molecule has 0 fully saturated rings. The van der Waals surface area contributed by atoms with E-state index in [-0.39, 0.29) is 0 Å². The number of amides is 1. The SMILES string of the molecule is [N-]=[N+]=NC(=O)/C=C/c1cccc2cc[nH]c12. The number of nitrogens with zero attached hydrogens (tertiary/aromatic N) is 3. The van der Waals surface area contributed by atoms with Gasteiger partial charge in [-0.1, -0.05) is 18.2 Å². The molecule has 0 radical (unpaired) electrons. The zero-order chi connectivity index (χ0) is 11.4. The summed E-state index contributed by atoms with van der Waals surface area (Å²) in [4.78, 5) is 16.5. The predicted molar refractivity (Wildman–Crippen MR) is 61.5 cm³/mol. The van der Waals surface area contributed by atoms with E-state index in [9.17, 15) is 4.79 Å². The zero-order valence-corrected chi connectivity index (χ0v) is 8.29. The number of benzene rings is 1. The maximum absolute atomic E-state index is 11.0. The summed E-state index contributed by atoms with van der Waals surface area (Å²) in [6.45, 7) is 0. The molecule has 2 rings (SSSR count). The Morgan fingerprint density at radius 2 is 2.31 bits per heavy atom. The fourth-order valence-corrected chi connectivity index (χ4v) is 1.49. The highest BCUT2D eigenvalue weighted by Crippen LogP contribution is 2.17. The summed E-state index contributed by atoms with van der Waals surface area (Å²) in [5.41, 5.74) is 9.90. The molecule has 0 saturated heterocycles. The Morgan fingerprint density at radius 1 is 1.44 bits per heavy atom. The molecule has 0 bridgehead atoms. The maximum Gasteiger partial charge on any atom is 0.242 e. The summed E-state index contributed by atoms with van der Waals surface area (Å²) < 4.78 is 0. The first-order valence-corrected chi connectivity index (χ1v) is 4.64. The lowest BCUT2D eigenvalue weighted by Crippen LogP contribution is -1.83. The van der Waals surface area contributed by atoms with Gasteiger partial charge < -0.3 is 4.98 Å². The van der Waals surface area contributed by atoms with Crippen molar-refractivity contribution in [3.05, 3.63) is 52.5 Å². The normalized spacial score (nSPS) is 10.5. The van der Waals surface area contributed by atoms with Crippen molar-refractivity contribution < 1.29 is 4.79 Å². The third kappa shape index (κ3) is 1.94. The molecule has 1 heterocycles. The van der Waals surface area contributed by atoms with Crippen LogP contribution in [0.5, 0.6) is 0 Å². The zero-order valence-electron chi connectivity index (χ0n) is 8.29. The standard InChI is InChI=1S/C11H8N4O/c12-15-14-10(16)5-4-8-2-1-3-9-6-7-13-11(8)9/h1-7,13H/b5-4+. The Kier molecular flexibility index (Phi) is 2.71. The van der Waals surface area contributed by atoms with Crippen LogP contribution in [0.25, 0.3) is 27.4 Å². The molecular weight excluding hydrogens is 204 g/mol. The maximum atomic E-state index is 11.0. The van der Waals surface area contributed by atoms with E-state index in [0.29, 0.717) is 0 Å². The molecule has 0 atom stereocenters. The van der Waals surface area contributed by atoms with Crippen molar-refractivity contribution in [2.75, 3.05) is 0 Å². The Balaban J connectivity index is 2.37. The van der Waals surface area contributed by atoms with Crippen molar-refractivity contribution >= 4 is 22.9 Å². The number of carbonyl (C=O) groups is 1. The number of azide groups is 1. The molecule has 78 valence electrons. The second-order valence-corrected chi connectivity index (χ2v) is 3.15. The van der Waals surface area contributed by atoms with Gasteiger partial charge in [-0.3, -0.25) is 4.79 Å². The van der Waals surface area contributed by atoms with Gasteiger partial charge >= 0.3 is 0 Å². The van der Waals surface area contributed by atoms with E-state index in [1.807, 2.05) is 30.5 Å². The highest BCUT2D eigenvalue weighted by molar-refractivity contribution is 5.95. The van der Waals surface area contributed by atoms with Crippen LogP contribution in [0.3, 0.4) is 0 Å². The lowest BCUT2D eigenvalue weighted by atomic mass is 10.1. The molecule has 1 aromatic carbocycles. The molecule has 1 aromatic heterocycles. The van der Waals surface area contributed by atoms with Crippen LogP contribution in [0.2, 0.25) is 0 Å². The van der Waals surface area contributed by atoms with E-state index >= 15 is 0 Å². The van der Waals surface area contributed by atoms with Crippen molar-refractivity contribution in [3.8, 4) is 0 Å². The van der Waals surface area contributed by atoms with Crippen LogP contribution in [0.1, 0.15) is 5.56 Å². The molecule has 0 saturated carbocycles. The highest BCUT2D eigenvalue weighted by atomic mass is 16.1. The quantitative estimate of drug-likeness (QED) is 0.353. The van der Waals surface area contributed by atoms with Crippen LogP contribution >= 0.6 is 0 Å². The summed E-state index contributed by atoms with van der Waals surface area (Å²) in [7, 11) is 0. The fourth-order valence-electron chi connectivity index (χ4n) is 1.49. The minimum Gasteiger partial charge on any atom is -0.361 e. The first-order valence-electron chi connectivity index (χ1n) is 4.64. The van der Waals surface area contributed by atoms with Gasteiger partial charge in [0.05, 0.1) is 5.52 Å². The van der Waals surface area contributed by atoms with E-state index in [1.54, 1.807) is 6.08 Å². The lowest BCUT2D eigenvalue weighted by Gasteiger charge is -1.95. The Bertz CT molecular complexity index is 605. The number of nitrogens with one attached hydrogen (secondary N) is 1. The van der Waals surface area contributed by atoms with Crippen LogP contribution in [-0.4, -0.2) is 10.9 Å². The Hall–Kier alpha value is -2.52. The number of carbonyl (C=O) groups excluding carboxylic acids is 1. The van der Waals surface area contributed by atoms with Gasteiger partial charge in [-0.15, -0.1) is 0 Å². The van der Waals surface area contributed by atoms with Crippen molar-refractivity contribution in [1.82, 2.24) is 4.98 Å². The predicted octanol–water partition coefficient (Wildman–Crippen LogP) is 3.02. The molecule has 0 aliphatic carbocycles. The molecule has 1 N–H and O–H groups in total. The van der Waals surface area contributed by atoms with Crippen LogP contribution in [0, 0.1) is 0 Å². The summed E-state index contributed by atoms with van der Waals surface area (Å²) >= 11 is 0. The largest absolute Gasteiger partial charge is 0.361 e. The summed E-state index contributed by atoms with van der Waals surface area (Å²) in [5.74, 6) is -0.606. The minimum atomic E-state index is -0.606. The molecule has 16 heavy (non-hydrogen) atoms.